The molecular formula is C15H30NO3PS. The molecule has 1 heterocycles. The monoisotopic (exact) mass is 335 g/mol. The Morgan fingerprint density at radius 3 is 2.24 bits per heavy atom. The summed E-state index contributed by atoms with van der Waals surface area (Å²) in [5.74, 6) is 0.777. The molecule has 0 amide bonds. The number of nitrogens with one attached hydrogen (secondary N) is 1. The zero-order valence-corrected chi connectivity index (χ0v) is 15.5. The summed E-state index contributed by atoms with van der Waals surface area (Å²) in [6.45, 7) is 8.94. The lowest BCUT2D eigenvalue weighted by Gasteiger charge is -2.51. The molecule has 0 unspecified atom stereocenters. The van der Waals surface area contributed by atoms with E-state index in [0.717, 1.165) is 18.6 Å². The lowest BCUT2D eigenvalue weighted by molar-refractivity contribution is 0.162. The third-order valence-electron chi connectivity index (χ3n) is 4.46. The molecule has 0 aromatic rings. The van der Waals surface area contributed by atoms with Crippen LogP contribution in [-0.2, 0) is 13.6 Å². The Balaban J connectivity index is 2.25. The Morgan fingerprint density at radius 1 is 1.14 bits per heavy atom. The van der Waals surface area contributed by atoms with Gasteiger partial charge in [0.05, 0.1) is 18.1 Å². The fourth-order valence-electron chi connectivity index (χ4n) is 3.35. The van der Waals surface area contributed by atoms with Crippen molar-refractivity contribution in [3.63, 3.8) is 0 Å². The molecule has 4 nitrogen and oxygen atoms in total. The summed E-state index contributed by atoms with van der Waals surface area (Å²) in [5.41, 5.74) is -0.104. The van der Waals surface area contributed by atoms with Crippen molar-refractivity contribution in [1.29, 1.82) is 0 Å². The molecule has 1 spiro atoms. The molecule has 1 N–H and O–H groups in total. The van der Waals surface area contributed by atoms with Crippen molar-refractivity contribution in [2.24, 2.45) is 5.41 Å². The van der Waals surface area contributed by atoms with Gasteiger partial charge in [-0.2, -0.15) is 0 Å². The highest BCUT2D eigenvalue weighted by Crippen LogP contribution is 2.62. The highest BCUT2D eigenvalue weighted by atomic mass is 32.2. The van der Waals surface area contributed by atoms with Crippen LogP contribution < -0.4 is 5.32 Å². The highest BCUT2D eigenvalue weighted by Gasteiger charge is 2.53. The Labute approximate surface area is 133 Å². The van der Waals surface area contributed by atoms with Crippen LogP contribution in [0.1, 0.15) is 59.8 Å². The van der Waals surface area contributed by atoms with Crippen LogP contribution >= 0.6 is 19.4 Å². The zero-order chi connectivity index (χ0) is 15.6. The molecule has 0 aromatic heterocycles. The normalized spacial score (nSPS) is 28.7. The molecule has 1 saturated carbocycles. The fourth-order valence-corrected chi connectivity index (χ4v) is 7.60. The molecule has 2 rings (SSSR count). The van der Waals surface area contributed by atoms with Gasteiger partial charge in [-0.3, -0.25) is 9.88 Å². The van der Waals surface area contributed by atoms with Gasteiger partial charge >= 0.3 is 7.60 Å². The van der Waals surface area contributed by atoms with Crippen molar-refractivity contribution < 1.29 is 13.6 Å². The van der Waals surface area contributed by atoms with Crippen molar-refractivity contribution in [1.82, 2.24) is 5.32 Å². The first kappa shape index (κ1) is 17.8. The van der Waals surface area contributed by atoms with Gasteiger partial charge in [0.1, 0.15) is 5.78 Å². The van der Waals surface area contributed by atoms with Gasteiger partial charge in [0.15, 0.2) is 0 Å². The van der Waals surface area contributed by atoms with Gasteiger partial charge in [0.25, 0.3) is 0 Å². The van der Waals surface area contributed by atoms with Crippen LogP contribution in [0.25, 0.3) is 0 Å². The zero-order valence-electron chi connectivity index (χ0n) is 13.8. The second-order valence-electron chi connectivity index (χ2n) is 6.75. The van der Waals surface area contributed by atoms with Crippen molar-refractivity contribution >= 4 is 19.4 Å². The van der Waals surface area contributed by atoms with E-state index in [1.807, 2.05) is 25.6 Å². The molecule has 21 heavy (non-hydrogen) atoms. The Morgan fingerprint density at radius 2 is 1.71 bits per heavy atom. The Bertz CT molecular complexity index is 386. The molecule has 1 aliphatic carbocycles. The fraction of sp³-hybridized carbons (Fsp3) is 1.00. The summed E-state index contributed by atoms with van der Waals surface area (Å²) in [6.07, 6.45) is 6.12. The maximum atomic E-state index is 13.3. The molecule has 124 valence electrons. The number of rotatable bonds is 5. The van der Waals surface area contributed by atoms with Crippen molar-refractivity contribution in [3.05, 3.63) is 0 Å². The lowest BCUT2D eigenvalue weighted by Crippen LogP contribution is -2.59. The average molecular weight is 335 g/mol. The predicted octanol–water partition coefficient (Wildman–Crippen LogP) is 4.60. The quantitative estimate of drug-likeness (QED) is 0.744. The van der Waals surface area contributed by atoms with E-state index >= 15 is 0 Å². The first-order valence-corrected chi connectivity index (χ1v) is 10.8. The van der Waals surface area contributed by atoms with Gasteiger partial charge in [-0.05, 0) is 26.7 Å². The summed E-state index contributed by atoms with van der Waals surface area (Å²) in [4.78, 5) is 0.0717. The van der Waals surface area contributed by atoms with Crippen LogP contribution in [0.2, 0.25) is 0 Å². The van der Waals surface area contributed by atoms with Gasteiger partial charge in [0, 0.05) is 11.2 Å². The van der Waals surface area contributed by atoms with Crippen LogP contribution in [0.5, 0.6) is 0 Å². The van der Waals surface area contributed by atoms with Gasteiger partial charge in [-0.15, -0.1) is 11.8 Å². The standard InChI is InChI=1S/C15H30NO3PS/c1-5-18-20(17,19-6-2)13-14(3,4)12-21-15(16-13)10-8-7-9-11-15/h13,16H,5-12H2,1-4H3/t13-/m1/s1. The van der Waals surface area contributed by atoms with E-state index in [9.17, 15) is 4.57 Å². The van der Waals surface area contributed by atoms with Gasteiger partial charge in [-0.1, -0.05) is 33.1 Å². The molecule has 0 aromatic carbocycles. The molecule has 1 atom stereocenters. The van der Waals surface area contributed by atoms with E-state index in [2.05, 4.69) is 19.2 Å². The maximum Gasteiger partial charge on any atom is 0.348 e. The summed E-state index contributed by atoms with van der Waals surface area (Å²) in [5, 5.41) is 3.72. The largest absolute Gasteiger partial charge is 0.348 e. The minimum absolute atomic E-state index is 0.0717. The molecule has 6 heteroatoms. The third kappa shape index (κ3) is 3.87. The first-order valence-electron chi connectivity index (χ1n) is 8.18. The van der Waals surface area contributed by atoms with Crippen LogP contribution in [0.4, 0.5) is 0 Å². The molecule has 2 fully saturated rings. The second-order valence-corrected chi connectivity index (χ2v) is 10.2. The Kier molecular flexibility index (Phi) is 5.87. The first-order chi connectivity index (χ1) is 9.87. The SMILES string of the molecule is CCOP(=O)(OCC)[C@H]1NC2(CCCCC2)SCC1(C)C. The van der Waals surface area contributed by atoms with Crippen molar-refractivity contribution in [3.8, 4) is 0 Å². The topological polar surface area (TPSA) is 47.6 Å². The average Bonchev–Trinajstić information content (AvgIpc) is 2.44. The molecule has 2 aliphatic rings. The van der Waals surface area contributed by atoms with E-state index in [-0.39, 0.29) is 16.1 Å². The molecule has 0 bridgehead atoms. The van der Waals surface area contributed by atoms with Crippen LogP contribution in [0.15, 0.2) is 0 Å². The smallest absolute Gasteiger partial charge is 0.308 e. The van der Waals surface area contributed by atoms with E-state index in [4.69, 9.17) is 9.05 Å². The van der Waals surface area contributed by atoms with Crippen molar-refractivity contribution in [2.75, 3.05) is 19.0 Å². The van der Waals surface area contributed by atoms with E-state index in [1.54, 1.807) is 0 Å². The lowest BCUT2D eigenvalue weighted by atomic mass is 9.90. The molecule has 1 aliphatic heterocycles. The van der Waals surface area contributed by atoms with E-state index in [0.29, 0.717) is 13.2 Å². The summed E-state index contributed by atoms with van der Waals surface area (Å²) in [6, 6.07) is 0. The Hall–Kier alpha value is 0.460. The van der Waals surface area contributed by atoms with Gasteiger partial charge in [-0.25, -0.2) is 0 Å². The van der Waals surface area contributed by atoms with E-state index in [1.165, 1.54) is 19.3 Å². The predicted molar refractivity (Wildman–Crippen MR) is 89.8 cm³/mol. The molecule has 0 radical (unpaired) electrons. The molecule has 1 saturated heterocycles. The van der Waals surface area contributed by atoms with Gasteiger partial charge < -0.3 is 9.05 Å². The third-order valence-corrected chi connectivity index (χ3v) is 9.12. The second kappa shape index (κ2) is 6.92. The maximum absolute atomic E-state index is 13.3. The van der Waals surface area contributed by atoms with Crippen molar-refractivity contribution in [2.45, 2.75) is 70.5 Å². The van der Waals surface area contributed by atoms with E-state index < -0.39 is 7.60 Å². The van der Waals surface area contributed by atoms with Crippen LogP contribution in [0, 0.1) is 5.41 Å². The van der Waals surface area contributed by atoms with Gasteiger partial charge in [0.2, 0.25) is 0 Å². The molecular weight excluding hydrogens is 305 g/mol. The number of thioether (sulfide) groups is 1. The number of hydrogen-bond donors (Lipinski definition) is 1. The minimum Gasteiger partial charge on any atom is -0.308 e. The number of hydrogen-bond acceptors (Lipinski definition) is 5. The van der Waals surface area contributed by atoms with Crippen LogP contribution in [-0.4, -0.2) is 29.6 Å². The summed E-state index contributed by atoms with van der Waals surface area (Å²) < 4.78 is 24.6. The summed E-state index contributed by atoms with van der Waals surface area (Å²) in [7, 11) is -3.13. The van der Waals surface area contributed by atoms with Crippen LogP contribution in [0.3, 0.4) is 0 Å². The highest BCUT2D eigenvalue weighted by molar-refractivity contribution is 8.00. The summed E-state index contributed by atoms with van der Waals surface area (Å²) >= 11 is 2.01. The minimum atomic E-state index is -3.13.